The average Bonchev–Trinajstić information content (AvgIpc) is 3.98. The van der Waals surface area contributed by atoms with Crippen LogP contribution < -0.4 is 15.2 Å². The van der Waals surface area contributed by atoms with Crippen molar-refractivity contribution in [3.05, 3.63) is 60.2 Å². The van der Waals surface area contributed by atoms with Crippen molar-refractivity contribution < 1.29 is 19.4 Å². The molecule has 3 saturated carbocycles. The van der Waals surface area contributed by atoms with Gasteiger partial charge < -0.3 is 24.5 Å². The normalized spacial score (nSPS) is 22.3. The number of hydrogen-bond donors (Lipinski definition) is 2. The highest BCUT2D eigenvalue weighted by molar-refractivity contribution is 7.89. The molecule has 0 radical (unpaired) electrons. The minimum atomic E-state index is -3.53. The number of benzene rings is 2. The lowest BCUT2D eigenvalue weighted by atomic mass is 10.1. The molecule has 1 saturated heterocycles. The molecule has 9 rings (SSSR count). The molecule has 4 heterocycles. The van der Waals surface area contributed by atoms with Crippen molar-refractivity contribution in [1.29, 1.82) is 0 Å². The maximum atomic E-state index is 13.8. The number of carbonyl (C=O) groups is 1. The lowest BCUT2D eigenvalue weighted by Gasteiger charge is -2.27. The fourth-order valence-electron chi connectivity index (χ4n) is 7.78. The van der Waals surface area contributed by atoms with Gasteiger partial charge in [-0.15, -0.1) is 0 Å². The lowest BCUT2D eigenvalue weighted by Crippen LogP contribution is -2.41. The summed E-state index contributed by atoms with van der Waals surface area (Å²) >= 11 is 0. The minimum Gasteiger partial charge on any atom is -0.494 e. The number of carbonyl (C=O) groups excluding carboxylic acids is 1. The zero-order chi connectivity index (χ0) is 32.9. The molecule has 3 aromatic heterocycles. The van der Waals surface area contributed by atoms with Crippen LogP contribution in [0, 0.1) is 11.8 Å². The van der Waals surface area contributed by atoms with Gasteiger partial charge in [0.25, 0.3) is 5.91 Å². The maximum Gasteiger partial charge on any atom is 0.254 e. The average molecular weight is 668 g/mol. The second-order valence-electron chi connectivity index (χ2n) is 14.1. The number of imidazole rings is 1. The third-order valence-electron chi connectivity index (χ3n) is 10.8. The molecule has 1 amide bonds. The molecule has 1 aliphatic heterocycles. The zero-order valence-corrected chi connectivity index (χ0v) is 27.9. The first-order valence-corrected chi connectivity index (χ1v) is 18.4. The molecular weight excluding hydrogens is 627 g/mol. The van der Waals surface area contributed by atoms with Crippen molar-refractivity contribution in [1.82, 2.24) is 28.7 Å². The number of sulfonamides is 1. The van der Waals surface area contributed by atoms with Crippen LogP contribution in [-0.4, -0.2) is 70.1 Å². The van der Waals surface area contributed by atoms with E-state index in [1.54, 1.807) is 19.2 Å². The lowest BCUT2D eigenvalue weighted by molar-refractivity contribution is 0.0700. The van der Waals surface area contributed by atoms with Crippen molar-refractivity contribution in [3.8, 4) is 28.5 Å². The number of nitrogens with one attached hydrogen (secondary N) is 1. The van der Waals surface area contributed by atoms with Crippen LogP contribution in [-0.2, 0) is 23.6 Å². The van der Waals surface area contributed by atoms with Gasteiger partial charge in [-0.2, -0.15) is 0 Å². The second-order valence-corrected chi connectivity index (χ2v) is 15.8. The van der Waals surface area contributed by atoms with Crippen LogP contribution in [0.1, 0.15) is 50.3 Å². The number of fused-ring (bicyclic) bond motifs is 4. The Hall–Kier alpha value is -4.26. The summed E-state index contributed by atoms with van der Waals surface area (Å²) in [6, 6.07) is 17.0. The van der Waals surface area contributed by atoms with Crippen molar-refractivity contribution in [3.63, 3.8) is 0 Å². The molecule has 3 aliphatic carbocycles. The molecule has 4 fully saturated rings. The minimum absolute atomic E-state index is 0. The summed E-state index contributed by atoms with van der Waals surface area (Å²) in [6.45, 7) is 1.52. The van der Waals surface area contributed by atoms with Gasteiger partial charge in [-0.05, 0) is 92.8 Å². The summed E-state index contributed by atoms with van der Waals surface area (Å²) in [5, 5.41) is 0.998. The maximum absolute atomic E-state index is 13.8. The predicted octanol–water partition coefficient (Wildman–Crippen LogP) is 4.92. The van der Waals surface area contributed by atoms with Crippen molar-refractivity contribution in [2.75, 3.05) is 13.7 Å². The van der Waals surface area contributed by atoms with E-state index in [1.807, 2.05) is 46.8 Å². The number of methoxy groups -OCH3 is 1. The molecule has 2 aromatic carbocycles. The van der Waals surface area contributed by atoms with Gasteiger partial charge >= 0.3 is 0 Å². The highest BCUT2D eigenvalue weighted by atomic mass is 32.2. The number of hydrogen-bond acceptors (Lipinski definition) is 7. The van der Waals surface area contributed by atoms with Crippen LogP contribution in [0.5, 0.6) is 5.75 Å². The third-order valence-corrected chi connectivity index (χ3v) is 12.3. The Kier molecular flexibility index (Phi) is 6.76. The van der Waals surface area contributed by atoms with E-state index < -0.39 is 10.0 Å². The van der Waals surface area contributed by atoms with Gasteiger partial charge in [0, 0.05) is 56.2 Å². The molecule has 250 valence electrons. The van der Waals surface area contributed by atoms with Crippen LogP contribution in [0.15, 0.2) is 59.5 Å². The van der Waals surface area contributed by atoms with Crippen LogP contribution in [0.4, 0.5) is 0 Å². The van der Waals surface area contributed by atoms with E-state index in [0.717, 1.165) is 71.6 Å². The number of nitrogens with two attached hydrogens (primary N) is 1. The Morgan fingerprint density at radius 3 is 2.48 bits per heavy atom. The van der Waals surface area contributed by atoms with E-state index in [4.69, 9.17) is 20.4 Å². The molecule has 3 atom stereocenters. The summed E-state index contributed by atoms with van der Waals surface area (Å²) in [5.41, 5.74) is 11.9. The third kappa shape index (κ3) is 4.91. The predicted molar refractivity (Wildman–Crippen MR) is 185 cm³/mol. The van der Waals surface area contributed by atoms with E-state index in [1.165, 1.54) is 12.8 Å². The fourth-order valence-corrected chi connectivity index (χ4v) is 9.08. The van der Waals surface area contributed by atoms with Gasteiger partial charge in [0.15, 0.2) is 5.82 Å². The highest BCUT2D eigenvalue weighted by Crippen LogP contribution is 2.40. The Morgan fingerprint density at radius 2 is 1.81 bits per heavy atom. The molecule has 3 N–H and O–H groups in total. The molecule has 4 aliphatic rings. The number of pyridine rings is 1. The number of amides is 1. The number of aryl methyl sites for hydroxylation is 1. The SMILES string of the molecule is COc1cc(C(=O)N2CC3CCC2[C@@H]3N)cc2nc(-c3cc4ccc(-c5ccc(S(=O)(=O)NC6CC6)cc5)nc4n3CC3CC3)n(C)c12.[HH]. The van der Waals surface area contributed by atoms with E-state index in [9.17, 15) is 13.2 Å². The first-order chi connectivity index (χ1) is 23.2. The summed E-state index contributed by atoms with van der Waals surface area (Å²) in [6.07, 6.45) is 6.17. The molecular formula is C36H41N7O4S. The van der Waals surface area contributed by atoms with Crippen LogP contribution in [0.25, 0.3) is 44.8 Å². The van der Waals surface area contributed by atoms with E-state index in [-0.39, 0.29) is 30.4 Å². The quantitative estimate of drug-likeness (QED) is 0.228. The first kappa shape index (κ1) is 29.8. The highest BCUT2D eigenvalue weighted by Gasteiger charge is 2.47. The number of ether oxygens (including phenoxy) is 1. The van der Waals surface area contributed by atoms with E-state index in [2.05, 4.69) is 21.4 Å². The molecule has 12 heteroatoms. The summed E-state index contributed by atoms with van der Waals surface area (Å²) in [7, 11) is 0.0877. The largest absolute Gasteiger partial charge is 0.494 e. The van der Waals surface area contributed by atoms with Gasteiger partial charge in [-0.3, -0.25) is 4.79 Å². The van der Waals surface area contributed by atoms with Crippen LogP contribution in [0.2, 0.25) is 0 Å². The standard InChI is InChI=1S/C36H39N7O4S.H2/c1-41-33-28(15-24(17-31(33)47-2)36(44)43-19-23-8-14-29(43)32(23)37)39-35(41)30-16-22-7-13-27(38-34(22)42(30)18-20-3-4-20)21-5-11-26(12-6-21)48(45,46)40-25-9-10-25;/h5-7,11-13,15-17,20,23,25,29,32,40H,3-4,8-10,14,18-19,37H2,1-2H3;1H/t23?,29?,32-;/m1./s1. The van der Waals surface area contributed by atoms with Crippen LogP contribution in [0.3, 0.4) is 0 Å². The van der Waals surface area contributed by atoms with Gasteiger partial charge in [-0.1, -0.05) is 12.1 Å². The van der Waals surface area contributed by atoms with E-state index in [0.29, 0.717) is 35.2 Å². The van der Waals surface area contributed by atoms with Crippen molar-refractivity contribution in [2.45, 2.75) is 68.1 Å². The van der Waals surface area contributed by atoms with Gasteiger partial charge in [-0.25, -0.2) is 23.1 Å². The Balaban J connectivity index is 0.00000348. The molecule has 2 unspecified atom stereocenters. The van der Waals surface area contributed by atoms with Crippen molar-refractivity contribution in [2.24, 2.45) is 24.6 Å². The first-order valence-electron chi connectivity index (χ1n) is 16.9. The summed E-state index contributed by atoms with van der Waals surface area (Å²) in [4.78, 5) is 26.2. The smallest absolute Gasteiger partial charge is 0.254 e. The fraction of sp³-hybridized carbons (Fsp3) is 0.417. The Labute approximate surface area is 280 Å². The van der Waals surface area contributed by atoms with Crippen LogP contribution >= 0.6 is 0 Å². The summed E-state index contributed by atoms with van der Waals surface area (Å²) < 4.78 is 38.3. The Bertz CT molecular complexity index is 2220. The number of aromatic nitrogens is 4. The number of nitrogens with zero attached hydrogens (tertiary/aromatic N) is 5. The van der Waals surface area contributed by atoms with Gasteiger partial charge in [0.05, 0.1) is 28.9 Å². The molecule has 2 bridgehead atoms. The number of likely N-dealkylation sites (tertiary alicyclic amines) is 1. The monoisotopic (exact) mass is 667 g/mol. The number of piperidine rings is 1. The topological polar surface area (TPSA) is 137 Å². The number of rotatable bonds is 9. The Morgan fingerprint density at radius 1 is 1.02 bits per heavy atom. The zero-order valence-electron chi connectivity index (χ0n) is 27.1. The second kappa shape index (κ2) is 10.9. The molecule has 11 nitrogen and oxygen atoms in total. The van der Waals surface area contributed by atoms with Crippen molar-refractivity contribution >= 4 is 38.0 Å². The van der Waals surface area contributed by atoms with E-state index >= 15 is 0 Å². The van der Waals surface area contributed by atoms with Gasteiger partial charge in [0.2, 0.25) is 10.0 Å². The molecule has 0 spiro atoms. The van der Waals surface area contributed by atoms with Gasteiger partial charge in [0.1, 0.15) is 16.9 Å². The summed E-state index contributed by atoms with van der Waals surface area (Å²) in [5.74, 6) is 2.30. The molecule has 48 heavy (non-hydrogen) atoms. The molecule has 5 aromatic rings.